The third kappa shape index (κ3) is 1.89. The quantitative estimate of drug-likeness (QED) is 0.847. The maximum Gasteiger partial charge on any atom is 0.106 e. The number of aliphatic hydroxyl groups excluding tert-OH is 1. The molecule has 1 unspecified atom stereocenters. The van der Waals surface area contributed by atoms with Gasteiger partial charge in [0.1, 0.15) is 6.10 Å². The van der Waals surface area contributed by atoms with E-state index in [0.29, 0.717) is 0 Å². The van der Waals surface area contributed by atoms with Gasteiger partial charge in [-0.05, 0) is 23.8 Å². The minimum atomic E-state index is -0.557. The maximum atomic E-state index is 9.96. The largest absolute Gasteiger partial charge is 0.384 e. The van der Waals surface area contributed by atoms with Gasteiger partial charge < -0.3 is 10.1 Å². The minimum absolute atomic E-state index is 0.557. The lowest BCUT2D eigenvalue weighted by Crippen LogP contribution is -1.97. The van der Waals surface area contributed by atoms with Crippen molar-refractivity contribution in [3.63, 3.8) is 0 Å². The molecule has 0 aliphatic heterocycles. The number of aromatic nitrogens is 1. The molecule has 0 fully saturated rings. The van der Waals surface area contributed by atoms with Crippen molar-refractivity contribution in [2.24, 2.45) is 0 Å². The van der Waals surface area contributed by atoms with Gasteiger partial charge in [-0.25, -0.2) is 0 Å². The summed E-state index contributed by atoms with van der Waals surface area (Å²) in [5.41, 5.74) is 1.77. The fraction of sp³-hybridized carbons (Fsp3) is 0.0909. The van der Waals surface area contributed by atoms with Gasteiger partial charge in [0.2, 0.25) is 0 Å². The molecule has 0 amide bonds. The van der Waals surface area contributed by atoms with E-state index in [2.05, 4.69) is 20.9 Å². The molecular weight excluding hydrogens is 242 g/mol. The number of rotatable bonds is 2. The van der Waals surface area contributed by atoms with Crippen molar-refractivity contribution in [2.75, 3.05) is 0 Å². The van der Waals surface area contributed by atoms with Gasteiger partial charge >= 0.3 is 0 Å². The number of halogens is 1. The van der Waals surface area contributed by atoms with Gasteiger partial charge in [-0.3, -0.25) is 0 Å². The summed E-state index contributed by atoms with van der Waals surface area (Å²) < 4.78 is 0.976. The van der Waals surface area contributed by atoms with Crippen LogP contribution in [0.25, 0.3) is 0 Å². The Balaban J connectivity index is 2.32. The second kappa shape index (κ2) is 3.98. The van der Waals surface area contributed by atoms with Crippen molar-refractivity contribution in [2.45, 2.75) is 6.10 Å². The molecule has 0 saturated carbocycles. The number of nitrogens with one attached hydrogen (secondary N) is 1. The van der Waals surface area contributed by atoms with Crippen LogP contribution in [0.5, 0.6) is 0 Å². The number of aromatic amines is 1. The molecule has 2 N–H and O–H groups in total. The summed E-state index contributed by atoms with van der Waals surface area (Å²) in [7, 11) is 0. The molecule has 0 spiro atoms. The SMILES string of the molecule is OC(c1cc[nH]c1)c1cccc(Br)c1. The second-order valence-corrected chi connectivity index (χ2v) is 4.02. The average Bonchev–Trinajstić information content (AvgIpc) is 2.69. The highest BCUT2D eigenvalue weighted by Crippen LogP contribution is 2.23. The van der Waals surface area contributed by atoms with Crippen LogP contribution in [-0.4, -0.2) is 10.1 Å². The van der Waals surface area contributed by atoms with Crippen molar-refractivity contribution in [3.05, 3.63) is 58.3 Å². The smallest absolute Gasteiger partial charge is 0.106 e. The third-order valence-electron chi connectivity index (χ3n) is 2.10. The van der Waals surface area contributed by atoms with E-state index in [-0.39, 0.29) is 0 Å². The zero-order valence-electron chi connectivity index (χ0n) is 7.44. The fourth-order valence-electron chi connectivity index (χ4n) is 1.38. The Labute approximate surface area is 90.7 Å². The molecule has 0 saturated heterocycles. The Kier molecular flexibility index (Phi) is 2.70. The fourth-order valence-corrected chi connectivity index (χ4v) is 1.79. The van der Waals surface area contributed by atoms with E-state index >= 15 is 0 Å². The van der Waals surface area contributed by atoms with Crippen molar-refractivity contribution >= 4 is 15.9 Å². The number of hydrogen-bond donors (Lipinski definition) is 2. The molecule has 1 heterocycles. The highest BCUT2D eigenvalue weighted by atomic mass is 79.9. The molecule has 0 aliphatic carbocycles. The van der Waals surface area contributed by atoms with E-state index in [4.69, 9.17) is 0 Å². The molecule has 2 aromatic rings. The van der Waals surface area contributed by atoms with Crippen molar-refractivity contribution < 1.29 is 5.11 Å². The first-order valence-corrected chi connectivity index (χ1v) is 5.13. The monoisotopic (exact) mass is 251 g/mol. The summed E-state index contributed by atoms with van der Waals surface area (Å²) in [6.07, 6.45) is 3.04. The predicted octanol–water partition coefficient (Wildman–Crippen LogP) is 2.86. The van der Waals surface area contributed by atoms with Crippen molar-refractivity contribution in [3.8, 4) is 0 Å². The summed E-state index contributed by atoms with van der Waals surface area (Å²) in [6, 6.07) is 9.54. The predicted molar refractivity (Wildman–Crippen MR) is 59.0 cm³/mol. The Hall–Kier alpha value is -1.06. The van der Waals surface area contributed by atoms with E-state index in [1.807, 2.05) is 30.3 Å². The first-order valence-electron chi connectivity index (χ1n) is 4.33. The van der Waals surface area contributed by atoms with E-state index in [1.165, 1.54) is 0 Å². The first-order chi connectivity index (χ1) is 6.77. The number of aliphatic hydroxyl groups is 1. The normalized spacial score (nSPS) is 12.7. The number of benzene rings is 1. The molecule has 1 atom stereocenters. The van der Waals surface area contributed by atoms with Gasteiger partial charge in [-0.1, -0.05) is 28.1 Å². The van der Waals surface area contributed by atoms with Gasteiger partial charge in [-0.15, -0.1) is 0 Å². The van der Waals surface area contributed by atoms with E-state index in [0.717, 1.165) is 15.6 Å². The first kappa shape index (κ1) is 9.49. The summed E-state index contributed by atoms with van der Waals surface area (Å²) in [6.45, 7) is 0. The molecule has 1 aromatic heterocycles. The lowest BCUT2D eigenvalue weighted by molar-refractivity contribution is 0.220. The lowest BCUT2D eigenvalue weighted by atomic mass is 10.0. The zero-order valence-corrected chi connectivity index (χ0v) is 9.03. The van der Waals surface area contributed by atoms with Crippen LogP contribution in [0.4, 0.5) is 0 Å². The standard InChI is InChI=1S/C11H10BrNO/c12-10-3-1-2-8(6-10)11(14)9-4-5-13-7-9/h1-7,11,13-14H. The van der Waals surface area contributed by atoms with Crippen LogP contribution in [0.15, 0.2) is 47.2 Å². The van der Waals surface area contributed by atoms with Gasteiger partial charge in [0.25, 0.3) is 0 Å². The van der Waals surface area contributed by atoms with Gasteiger partial charge in [0, 0.05) is 22.4 Å². The molecule has 0 radical (unpaired) electrons. The second-order valence-electron chi connectivity index (χ2n) is 3.10. The van der Waals surface area contributed by atoms with Crippen LogP contribution in [0, 0.1) is 0 Å². The van der Waals surface area contributed by atoms with Crippen LogP contribution in [0.2, 0.25) is 0 Å². The molecule has 2 nitrogen and oxygen atoms in total. The molecule has 3 heteroatoms. The van der Waals surface area contributed by atoms with Crippen molar-refractivity contribution in [1.82, 2.24) is 4.98 Å². The molecule has 1 aromatic carbocycles. The zero-order chi connectivity index (χ0) is 9.97. The van der Waals surface area contributed by atoms with E-state index in [1.54, 1.807) is 12.4 Å². The Bertz CT molecular complexity index is 411. The molecule has 72 valence electrons. The molecule has 0 bridgehead atoms. The van der Waals surface area contributed by atoms with Crippen LogP contribution in [-0.2, 0) is 0 Å². The van der Waals surface area contributed by atoms with Gasteiger partial charge in [-0.2, -0.15) is 0 Å². The summed E-state index contributed by atoms with van der Waals surface area (Å²) in [5.74, 6) is 0. The molecular formula is C11H10BrNO. The highest BCUT2D eigenvalue weighted by Gasteiger charge is 2.10. The Morgan fingerprint density at radius 1 is 1.21 bits per heavy atom. The molecule has 0 aliphatic rings. The van der Waals surface area contributed by atoms with Crippen molar-refractivity contribution in [1.29, 1.82) is 0 Å². The summed E-state index contributed by atoms with van der Waals surface area (Å²) >= 11 is 3.37. The van der Waals surface area contributed by atoms with Crippen LogP contribution >= 0.6 is 15.9 Å². The minimum Gasteiger partial charge on any atom is -0.384 e. The number of hydrogen-bond acceptors (Lipinski definition) is 1. The lowest BCUT2D eigenvalue weighted by Gasteiger charge is -2.08. The topological polar surface area (TPSA) is 36.0 Å². The van der Waals surface area contributed by atoms with E-state index in [9.17, 15) is 5.11 Å². The maximum absolute atomic E-state index is 9.96. The average molecular weight is 252 g/mol. The van der Waals surface area contributed by atoms with Gasteiger partial charge in [0.15, 0.2) is 0 Å². The summed E-state index contributed by atoms with van der Waals surface area (Å²) in [4.78, 5) is 2.92. The molecule has 14 heavy (non-hydrogen) atoms. The van der Waals surface area contributed by atoms with Gasteiger partial charge in [0.05, 0.1) is 0 Å². The Morgan fingerprint density at radius 3 is 2.71 bits per heavy atom. The van der Waals surface area contributed by atoms with Crippen LogP contribution in [0.1, 0.15) is 17.2 Å². The highest BCUT2D eigenvalue weighted by molar-refractivity contribution is 9.10. The third-order valence-corrected chi connectivity index (χ3v) is 2.60. The molecule has 2 rings (SSSR count). The van der Waals surface area contributed by atoms with E-state index < -0.39 is 6.10 Å². The van der Waals surface area contributed by atoms with Crippen LogP contribution in [0.3, 0.4) is 0 Å². The number of H-pyrrole nitrogens is 1. The summed E-state index contributed by atoms with van der Waals surface area (Å²) in [5, 5.41) is 9.96. The Morgan fingerprint density at radius 2 is 2.07 bits per heavy atom. The van der Waals surface area contributed by atoms with Crippen LogP contribution < -0.4 is 0 Å².